The van der Waals surface area contributed by atoms with Crippen LogP contribution in [0.1, 0.15) is 25.7 Å². The first-order valence-corrected chi connectivity index (χ1v) is 19.3. The standard InChI is InChI=1S/C36H60N4O16/c1-45-21-5-9-53-25-13-49-18-30(42)38-35-23(47-3)7-11-55-27(35)15-51-20-32(44)40-36-24(48-4)8-12-56-28(36)16-52-19-31(43)39-34-22(46-2)6-10-54-26(34)14-50-17-29(41)37-33(21)25/h21-28,33-36H,5-20H2,1-4H3,(H,37,41)(H,38,42)(H,39,43)(H,40,44)/t21-,22-,23-,24-,25-,26-,27-,28-,33-,34-,35-,36-/m1/s1. The lowest BCUT2D eigenvalue weighted by molar-refractivity contribution is -0.151. The number of methoxy groups -OCH3 is 4. The Balaban J connectivity index is 1.28. The molecule has 5 fully saturated rings. The lowest BCUT2D eigenvalue weighted by Gasteiger charge is -2.39. The molecule has 0 aromatic rings. The van der Waals surface area contributed by atoms with Crippen molar-refractivity contribution in [3.8, 4) is 0 Å². The van der Waals surface area contributed by atoms with Crippen LogP contribution in [0.4, 0.5) is 0 Å². The summed E-state index contributed by atoms with van der Waals surface area (Å²) in [5.41, 5.74) is 0. The Morgan fingerprint density at radius 1 is 0.393 bits per heavy atom. The minimum Gasteiger partial charge on any atom is -0.379 e. The van der Waals surface area contributed by atoms with Gasteiger partial charge in [-0.05, 0) is 25.7 Å². The summed E-state index contributed by atoms with van der Waals surface area (Å²) in [7, 11) is 6.21. The highest BCUT2D eigenvalue weighted by Gasteiger charge is 2.40. The number of hydrogen-bond acceptors (Lipinski definition) is 16. The molecule has 0 aromatic heterocycles. The topological polar surface area (TPSA) is 227 Å². The van der Waals surface area contributed by atoms with E-state index < -0.39 is 72.2 Å². The van der Waals surface area contributed by atoms with E-state index in [1.165, 1.54) is 0 Å². The number of carbonyl (C=O) groups is 4. The molecular weight excluding hydrogens is 744 g/mol. The van der Waals surface area contributed by atoms with Crippen LogP contribution >= 0.6 is 0 Å². The van der Waals surface area contributed by atoms with Crippen LogP contribution in [0, 0.1) is 0 Å². The fourth-order valence-electron chi connectivity index (χ4n) is 7.82. The van der Waals surface area contributed by atoms with Crippen molar-refractivity contribution in [3.05, 3.63) is 0 Å². The molecule has 0 aromatic carbocycles. The van der Waals surface area contributed by atoms with E-state index in [4.69, 9.17) is 56.8 Å². The van der Waals surface area contributed by atoms with Crippen molar-refractivity contribution in [1.82, 2.24) is 21.3 Å². The van der Waals surface area contributed by atoms with Crippen LogP contribution in [0.15, 0.2) is 0 Å². The van der Waals surface area contributed by atoms with E-state index in [9.17, 15) is 19.2 Å². The van der Waals surface area contributed by atoms with Gasteiger partial charge >= 0.3 is 0 Å². The molecule has 5 rings (SSSR count). The number of nitrogens with one attached hydrogen (secondary N) is 4. The van der Waals surface area contributed by atoms with E-state index in [1.807, 2.05) is 0 Å². The molecule has 5 aliphatic rings. The van der Waals surface area contributed by atoms with E-state index >= 15 is 0 Å². The number of amides is 4. The molecule has 20 nitrogen and oxygen atoms in total. The highest BCUT2D eigenvalue weighted by molar-refractivity contribution is 5.79. The van der Waals surface area contributed by atoms with Gasteiger partial charge in [-0.25, -0.2) is 0 Å². The maximum atomic E-state index is 13.2. The quantitative estimate of drug-likeness (QED) is 0.226. The minimum atomic E-state index is -0.616. The lowest BCUT2D eigenvalue weighted by atomic mass is 9.99. The van der Waals surface area contributed by atoms with Crippen molar-refractivity contribution in [2.45, 2.75) is 98.7 Å². The molecule has 0 bridgehead atoms. The Morgan fingerprint density at radius 2 is 0.607 bits per heavy atom. The summed E-state index contributed by atoms with van der Waals surface area (Å²) >= 11 is 0. The van der Waals surface area contributed by atoms with Gasteiger partial charge in [0, 0.05) is 54.9 Å². The third-order valence-corrected chi connectivity index (χ3v) is 10.7. The zero-order chi connectivity index (χ0) is 39.9. The molecule has 56 heavy (non-hydrogen) atoms. The Bertz CT molecular complexity index is 1070. The molecule has 4 N–H and O–H groups in total. The predicted octanol–water partition coefficient (Wildman–Crippen LogP) is -2.78. The lowest BCUT2D eigenvalue weighted by Crippen LogP contribution is -2.59. The maximum Gasteiger partial charge on any atom is 0.246 e. The Kier molecular flexibility index (Phi) is 18.4. The number of ether oxygens (including phenoxy) is 12. The zero-order valence-corrected chi connectivity index (χ0v) is 32.8. The minimum absolute atomic E-state index is 0.00809. The SMILES string of the molecule is CO[C@@H]1CCO[C@@H]2COCC(=O)N[C@@H]3[C@H](OC)CCO[C@@H]3COCC(=O)N[C@@H]3[C@H](OC)CCO[C@@H]3COCC(=O)N[C@@H]3[C@H](OC)CCO[C@@H]3COCC(=O)N[C@H]12. The van der Waals surface area contributed by atoms with Crippen molar-refractivity contribution in [3.63, 3.8) is 0 Å². The van der Waals surface area contributed by atoms with Crippen LogP contribution in [0.5, 0.6) is 0 Å². The van der Waals surface area contributed by atoms with Gasteiger partial charge < -0.3 is 78.1 Å². The normalized spacial score (nSPS) is 38.4. The summed E-state index contributed by atoms with van der Waals surface area (Å²) in [6.07, 6.45) is -1.82. The average molecular weight is 805 g/mol. The Morgan fingerprint density at radius 3 is 0.804 bits per heavy atom. The largest absolute Gasteiger partial charge is 0.379 e. The summed E-state index contributed by atoms with van der Waals surface area (Å²) in [6, 6.07) is -2.36. The highest BCUT2D eigenvalue weighted by atomic mass is 16.6. The van der Waals surface area contributed by atoms with Crippen LogP contribution in [-0.4, -0.2) is 204 Å². The van der Waals surface area contributed by atoms with Gasteiger partial charge in [-0.2, -0.15) is 0 Å². The summed E-state index contributed by atoms with van der Waals surface area (Å²) < 4.78 is 69.7. The van der Waals surface area contributed by atoms with Crippen molar-refractivity contribution in [1.29, 1.82) is 0 Å². The first-order valence-electron chi connectivity index (χ1n) is 19.3. The van der Waals surface area contributed by atoms with Gasteiger partial charge in [0.15, 0.2) is 0 Å². The second-order valence-electron chi connectivity index (χ2n) is 14.3. The summed E-state index contributed by atoms with van der Waals surface area (Å²) in [6.45, 7) is 0.233. The van der Waals surface area contributed by atoms with Gasteiger partial charge in [0.05, 0.1) is 75.0 Å². The predicted molar refractivity (Wildman–Crippen MR) is 192 cm³/mol. The summed E-state index contributed by atoms with van der Waals surface area (Å²) in [5, 5.41) is 11.8. The molecule has 320 valence electrons. The molecule has 12 atom stereocenters. The molecule has 0 aliphatic carbocycles. The van der Waals surface area contributed by atoms with Gasteiger partial charge in [0.2, 0.25) is 23.6 Å². The second-order valence-corrected chi connectivity index (χ2v) is 14.3. The smallest absolute Gasteiger partial charge is 0.246 e. The summed E-state index contributed by atoms with van der Waals surface area (Å²) in [5.74, 6) is -1.67. The molecule has 20 heteroatoms. The van der Waals surface area contributed by atoms with Crippen LogP contribution in [0.3, 0.4) is 0 Å². The van der Waals surface area contributed by atoms with Crippen molar-refractivity contribution in [2.24, 2.45) is 0 Å². The van der Waals surface area contributed by atoms with Crippen molar-refractivity contribution >= 4 is 23.6 Å². The van der Waals surface area contributed by atoms with Crippen LogP contribution in [-0.2, 0) is 76.0 Å². The first kappa shape index (κ1) is 44.5. The molecule has 0 unspecified atom stereocenters. The van der Waals surface area contributed by atoms with E-state index in [1.54, 1.807) is 28.4 Å². The summed E-state index contributed by atoms with van der Waals surface area (Å²) in [4.78, 5) is 52.7. The van der Waals surface area contributed by atoms with Crippen molar-refractivity contribution in [2.75, 3.05) is 108 Å². The molecule has 0 radical (unpaired) electrons. The number of fused-ring (bicyclic) bond motifs is 4. The Labute approximate surface area is 327 Å². The van der Waals surface area contributed by atoms with Gasteiger partial charge in [-0.15, -0.1) is 0 Å². The monoisotopic (exact) mass is 804 g/mol. The van der Waals surface area contributed by atoms with Crippen molar-refractivity contribution < 1.29 is 76.0 Å². The fraction of sp³-hybridized carbons (Fsp3) is 0.889. The molecule has 5 heterocycles. The van der Waals surface area contributed by atoms with Crippen LogP contribution in [0.25, 0.3) is 0 Å². The van der Waals surface area contributed by atoms with E-state index in [0.717, 1.165) is 0 Å². The molecule has 0 saturated carbocycles. The van der Waals surface area contributed by atoms with E-state index in [0.29, 0.717) is 52.1 Å². The van der Waals surface area contributed by atoms with E-state index in [-0.39, 0.29) is 77.3 Å². The third-order valence-electron chi connectivity index (χ3n) is 10.7. The maximum absolute atomic E-state index is 13.2. The number of carbonyl (C=O) groups excluding carboxylic acids is 4. The average Bonchev–Trinajstić information content (AvgIpc) is 3.19. The van der Waals surface area contributed by atoms with Crippen LogP contribution in [0.2, 0.25) is 0 Å². The van der Waals surface area contributed by atoms with Gasteiger partial charge in [0.1, 0.15) is 50.8 Å². The van der Waals surface area contributed by atoms with Gasteiger partial charge in [-0.3, -0.25) is 19.2 Å². The second kappa shape index (κ2) is 23.1. The Hall–Kier alpha value is -2.60. The molecule has 4 amide bonds. The fourth-order valence-corrected chi connectivity index (χ4v) is 7.82. The molecule has 5 aliphatic heterocycles. The van der Waals surface area contributed by atoms with E-state index in [2.05, 4.69) is 21.3 Å². The van der Waals surface area contributed by atoms with Crippen LogP contribution < -0.4 is 21.3 Å². The number of rotatable bonds is 4. The molecular formula is C36H60N4O16. The number of hydrogen-bond donors (Lipinski definition) is 4. The van der Waals surface area contributed by atoms with Gasteiger partial charge in [0.25, 0.3) is 0 Å². The molecule has 0 spiro atoms. The zero-order valence-electron chi connectivity index (χ0n) is 32.8. The first-order chi connectivity index (χ1) is 27.2. The third kappa shape index (κ3) is 12.7. The molecule has 5 saturated heterocycles. The highest BCUT2D eigenvalue weighted by Crippen LogP contribution is 2.22. The van der Waals surface area contributed by atoms with Gasteiger partial charge in [-0.1, -0.05) is 0 Å².